The molecule has 0 aliphatic rings. The third kappa shape index (κ3) is 4.87. The number of benzene rings is 3. The van der Waals surface area contributed by atoms with E-state index in [1.54, 1.807) is 42.5 Å². The van der Waals surface area contributed by atoms with Crippen molar-refractivity contribution in [1.82, 2.24) is 19.3 Å². The molecule has 2 heterocycles. The first-order valence-electron chi connectivity index (χ1n) is 12.0. The van der Waals surface area contributed by atoms with Crippen LogP contribution in [-0.4, -0.2) is 34.9 Å². The van der Waals surface area contributed by atoms with Gasteiger partial charge in [0.25, 0.3) is 15.9 Å². The second-order valence-electron chi connectivity index (χ2n) is 9.98. The highest BCUT2D eigenvalue weighted by atomic mass is 32.2. The summed E-state index contributed by atoms with van der Waals surface area (Å²) in [6.07, 6.45) is 0. The van der Waals surface area contributed by atoms with E-state index in [0.29, 0.717) is 22.5 Å². The van der Waals surface area contributed by atoms with Crippen LogP contribution in [0.25, 0.3) is 22.3 Å². The number of rotatable bonds is 7. The first kappa shape index (κ1) is 25.5. The molecule has 10 heteroatoms. The molecule has 5 rings (SSSR count). The molecule has 0 atom stereocenters. The molecule has 0 bridgehead atoms. The fourth-order valence-corrected chi connectivity index (χ4v) is 5.23. The van der Waals surface area contributed by atoms with Crippen LogP contribution in [0.2, 0.25) is 0 Å². The number of aryl methyl sites for hydroxylation is 1. The lowest BCUT2D eigenvalue weighted by Gasteiger charge is -2.18. The summed E-state index contributed by atoms with van der Waals surface area (Å²) in [6, 6.07) is 19.6. The van der Waals surface area contributed by atoms with Crippen LogP contribution < -0.4 is 9.47 Å². The fraction of sp³-hybridized carbons (Fsp3) is 0.250. The van der Waals surface area contributed by atoms with Gasteiger partial charge in [0.2, 0.25) is 11.7 Å². The van der Waals surface area contributed by atoms with Crippen molar-refractivity contribution < 1.29 is 22.4 Å². The van der Waals surface area contributed by atoms with Crippen molar-refractivity contribution in [1.29, 1.82) is 0 Å². The van der Waals surface area contributed by atoms with E-state index < -0.39 is 10.0 Å². The maximum absolute atomic E-state index is 13.4. The van der Waals surface area contributed by atoms with Crippen molar-refractivity contribution in [2.45, 2.75) is 44.6 Å². The molecule has 5 aromatic rings. The van der Waals surface area contributed by atoms with Gasteiger partial charge in [-0.3, -0.25) is 0 Å². The van der Waals surface area contributed by atoms with Gasteiger partial charge in [0.1, 0.15) is 5.75 Å². The number of aromatic nitrogens is 4. The normalized spacial score (nSPS) is 12.1. The SMILES string of the molecule is COc1ccc2c(c1)c(OCc1nc(-c3ccc(C(C)(C)C)cc3)no1)nn2S(=O)(=O)c1ccc(C)cc1. The van der Waals surface area contributed by atoms with Crippen molar-refractivity contribution >= 4 is 20.9 Å². The largest absolute Gasteiger partial charge is 0.497 e. The molecule has 0 aliphatic carbocycles. The predicted octanol–water partition coefficient (Wildman–Crippen LogP) is 5.52. The Balaban J connectivity index is 1.44. The summed E-state index contributed by atoms with van der Waals surface area (Å²) in [5.41, 5.74) is 3.36. The summed E-state index contributed by atoms with van der Waals surface area (Å²) in [5.74, 6) is 1.30. The monoisotopic (exact) mass is 532 g/mol. The molecule has 0 unspecified atom stereocenters. The zero-order chi connectivity index (χ0) is 27.1. The quantitative estimate of drug-likeness (QED) is 0.270. The molecule has 0 amide bonds. The lowest BCUT2D eigenvalue weighted by molar-refractivity contribution is 0.237. The molecule has 9 nitrogen and oxygen atoms in total. The van der Waals surface area contributed by atoms with E-state index in [9.17, 15) is 8.42 Å². The number of hydrogen-bond donors (Lipinski definition) is 0. The van der Waals surface area contributed by atoms with Gasteiger partial charge in [-0.15, -0.1) is 9.19 Å². The van der Waals surface area contributed by atoms with Gasteiger partial charge in [-0.2, -0.15) is 13.4 Å². The van der Waals surface area contributed by atoms with E-state index in [-0.39, 0.29) is 28.7 Å². The second-order valence-corrected chi connectivity index (χ2v) is 11.7. The first-order chi connectivity index (χ1) is 18.1. The Morgan fingerprint density at radius 1 is 0.974 bits per heavy atom. The number of fused-ring (bicyclic) bond motifs is 1. The molecule has 0 fully saturated rings. The van der Waals surface area contributed by atoms with E-state index in [4.69, 9.17) is 14.0 Å². The highest BCUT2D eigenvalue weighted by Gasteiger charge is 2.25. The Morgan fingerprint density at radius 3 is 2.34 bits per heavy atom. The molecule has 0 aliphatic heterocycles. The number of nitrogens with zero attached hydrogens (tertiary/aromatic N) is 4. The van der Waals surface area contributed by atoms with E-state index in [0.717, 1.165) is 15.2 Å². The molecule has 0 saturated heterocycles. The van der Waals surface area contributed by atoms with Crippen LogP contribution >= 0.6 is 0 Å². The van der Waals surface area contributed by atoms with Gasteiger partial charge >= 0.3 is 0 Å². The van der Waals surface area contributed by atoms with Crippen LogP contribution in [0.5, 0.6) is 11.6 Å². The minimum atomic E-state index is -3.98. The van der Waals surface area contributed by atoms with Crippen molar-refractivity contribution in [2.24, 2.45) is 0 Å². The van der Waals surface area contributed by atoms with Gasteiger partial charge in [-0.05, 0) is 48.2 Å². The van der Waals surface area contributed by atoms with Crippen molar-refractivity contribution in [3.8, 4) is 23.0 Å². The molecular formula is C28H28N4O5S. The number of hydrogen-bond acceptors (Lipinski definition) is 8. The van der Waals surface area contributed by atoms with Crippen molar-refractivity contribution in [3.05, 3.63) is 83.7 Å². The standard InChI is InChI=1S/C28H28N4O5S/c1-18-6-13-22(14-7-18)38(33,34)32-24-15-12-21(35-5)16-23(24)27(30-32)36-17-25-29-26(31-37-25)19-8-10-20(11-9-19)28(2,3)4/h6-16H,17H2,1-5H3. The van der Waals surface area contributed by atoms with E-state index in [1.807, 2.05) is 31.2 Å². The van der Waals surface area contributed by atoms with E-state index in [1.165, 1.54) is 12.7 Å². The van der Waals surface area contributed by atoms with Crippen LogP contribution in [-0.2, 0) is 22.0 Å². The molecule has 0 spiro atoms. The van der Waals surface area contributed by atoms with Crippen LogP contribution in [0.1, 0.15) is 37.8 Å². The number of methoxy groups -OCH3 is 1. The molecule has 0 saturated carbocycles. The molecule has 0 radical (unpaired) electrons. The Bertz CT molecular complexity index is 1700. The lowest BCUT2D eigenvalue weighted by Crippen LogP contribution is -2.14. The van der Waals surface area contributed by atoms with Crippen LogP contribution in [0.15, 0.2) is 76.1 Å². The van der Waals surface area contributed by atoms with Crippen LogP contribution in [0, 0.1) is 6.92 Å². The van der Waals surface area contributed by atoms with Gasteiger partial charge < -0.3 is 14.0 Å². The summed E-state index contributed by atoms with van der Waals surface area (Å²) in [7, 11) is -2.45. The third-order valence-corrected chi connectivity index (χ3v) is 7.78. The zero-order valence-corrected chi connectivity index (χ0v) is 22.6. The molecule has 38 heavy (non-hydrogen) atoms. The highest BCUT2D eigenvalue weighted by Crippen LogP contribution is 2.32. The summed E-state index contributed by atoms with van der Waals surface area (Å²) >= 11 is 0. The minimum Gasteiger partial charge on any atom is -0.497 e. The second kappa shape index (κ2) is 9.60. The van der Waals surface area contributed by atoms with E-state index in [2.05, 4.69) is 36.0 Å². The number of ether oxygens (including phenoxy) is 2. The maximum atomic E-state index is 13.4. The topological polar surface area (TPSA) is 109 Å². The van der Waals surface area contributed by atoms with Crippen LogP contribution in [0.4, 0.5) is 0 Å². The summed E-state index contributed by atoms with van der Waals surface area (Å²) < 4.78 is 44.4. The lowest BCUT2D eigenvalue weighted by atomic mass is 9.87. The summed E-state index contributed by atoms with van der Waals surface area (Å²) in [4.78, 5) is 4.55. The van der Waals surface area contributed by atoms with Gasteiger partial charge in [-0.1, -0.05) is 67.9 Å². The third-order valence-electron chi connectivity index (χ3n) is 6.18. The molecule has 0 N–H and O–H groups in total. The average molecular weight is 533 g/mol. The van der Waals surface area contributed by atoms with Gasteiger partial charge in [-0.25, -0.2) is 0 Å². The average Bonchev–Trinajstić information content (AvgIpc) is 3.52. The first-order valence-corrected chi connectivity index (χ1v) is 13.5. The minimum absolute atomic E-state index is 0.0383. The summed E-state index contributed by atoms with van der Waals surface area (Å²) in [5, 5.41) is 8.84. The highest BCUT2D eigenvalue weighted by molar-refractivity contribution is 7.90. The van der Waals surface area contributed by atoms with Gasteiger partial charge in [0.15, 0.2) is 6.61 Å². The Labute approximate surface area is 221 Å². The molecular weight excluding hydrogens is 504 g/mol. The van der Waals surface area contributed by atoms with Crippen molar-refractivity contribution in [2.75, 3.05) is 7.11 Å². The Morgan fingerprint density at radius 2 is 1.68 bits per heavy atom. The maximum Gasteiger partial charge on any atom is 0.283 e. The molecule has 2 aromatic heterocycles. The van der Waals surface area contributed by atoms with Crippen LogP contribution in [0.3, 0.4) is 0 Å². The molecule has 3 aromatic carbocycles. The molecule has 196 valence electrons. The fourth-order valence-electron chi connectivity index (χ4n) is 3.95. The van der Waals surface area contributed by atoms with E-state index >= 15 is 0 Å². The smallest absolute Gasteiger partial charge is 0.283 e. The van der Waals surface area contributed by atoms with Crippen molar-refractivity contribution in [3.63, 3.8) is 0 Å². The Hall–Kier alpha value is -4.18. The van der Waals surface area contributed by atoms with Gasteiger partial charge in [0.05, 0.1) is 22.9 Å². The van der Waals surface area contributed by atoms with Gasteiger partial charge in [0, 0.05) is 5.56 Å². The zero-order valence-electron chi connectivity index (χ0n) is 21.8. The summed E-state index contributed by atoms with van der Waals surface area (Å²) in [6.45, 7) is 8.25. The Kier molecular flexibility index (Phi) is 6.44. The predicted molar refractivity (Wildman–Crippen MR) is 143 cm³/mol.